The number of hydrogen-bond acceptors (Lipinski definition) is 7. The van der Waals surface area contributed by atoms with Crippen molar-refractivity contribution in [1.82, 2.24) is 0 Å². The van der Waals surface area contributed by atoms with E-state index in [1.807, 2.05) is 36.4 Å². The molecule has 8 heteroatoms. The van der Waals surface area contributed by atoms with Gasteiger partial charge in [-0.15, -0.1) is 0 Å². The minimum absolute atomic E-state index is 0.0186. The van der Waals surface area contributed by atoms with E-state index >= 15 is 0 Å². The van der Waals surface area contributed by atoms with Gasteiger partial charge in [-0.3, -0.25) is 9.59 Å². The molecular formula is C30H24O6S2. The first-order valence-electron chi connectivity index (χ1n) is 12.0. The van der Waals surface area contributed by atoms with Crippen LogP contribution in [0.1, 0.15) is 33.6 Å². The summed E-state index contributed by atoms with van der Waals surface area (Å²) < 4.78 is 35.8. The Balaban J connectivity index is 0.000000156. The summed E-state index contributed by atoms with van der Waals surface area (Å²) in [4.78, 5) is 26.0. The number of carbonyl (C=O) groups excluding carboxylic acids is 2. The van der Waals surface area contributed by atoms with Crippen LogP contribution < -0.4 is 9.47 Å². The molecule has 0 fully saturated rings. The summed E-state index contributed by atoms with van der Waals surface area (Å²) >= 11 is 1.67. The van der Waals surface area contributed by atoms with Gasteiger partial charge in [-0.2, -0.15) is 0 Å². The smallest absolute Gasteiger partial charge is 0.206 e. The molecule has 0 unspecified atom stereocenters. The first-order valence-corrected chi connectivity index (χ1v) is 14.3. The van der Waals surface area contributed by atoms with E-state index in [0.29, 0.717) is 48.7 Å². The van der Waals surface area contributed by atoms with E-state index in [9.17, 15) is 18.0 Å². The average Bonchev–Trinajstić information content (AvgIpc) is 2.94. The number of hydrogen-bond donors (Lipinski definition) is 0. The Morgan fingerprint density at radius 3 is 1.76 bits per heavy atom. The Hall–Kier alpha value is -3.88. The van der Waals surface area contributed by atoms with Gasteiger partial charge in [0.15, 0.2) is 11.6 Å². The van der Waals surface area contributed by atoms with Gasteiger partial charge in [0.25, 0.3) is 0 Å². The van der Waals surface area contributed by atoms with Crippen LogP contribution >= 0.6 is 11.8 Å². The van der Waals surface area contributed by atoms with Crippen LogP contribution in [0.15, 0.2) is 117 Å². The van der Waals surface area contributed by atoms with Crippen molar-refractivity contribution >= 4 is 33.2 Å². The molecule has 0 amide bonds. The average molecular weight is 545 g/mol. The van der Waals surface area contributed by atoms with Gasteiger partial charge < -0.3 is 9.47 Å². The third-order valence-electron chi connectivity index (χ3n) is 6.02. The Morgan fingerprint density at radius 1 is 0.579 bits per heavy atom. The first kappa shape index (κ1) is 25.8. The van der Waals surface area contributed by atoms with Gasteiger partial charge in [0.1, 0.15) is 11.5 Å². The lowest BCUT2D eigenvalue weighted by atomic mass is 10.1. The number of benzene rings is 4. The number of ether oxygens (including phenoxy) is 2. The van der Waals surface area contributed by atoms with Crippen molar-refractivity contribution in [3.8, 4) is 11.5 Å². The molecule has 2 aliphatic rings. The second-order valence-electron chi connectivity index (χ2n) is 8.59. The third kappa shape index (κ3) is 5.66. The highest BCUT2D eigenvalue weighted by atomic mass is 32.2. The van der Waals surface area contributed by atoms with Crippen molar-refractivity contribution in [3.63, 3.8) is 0 Å². The van der Waals surface area contributed by atoms with Gasteiger partial charge in [0.05, 0.1) is 34.1 Å². The van der Waals surface area contributed by atoms with Gasteiger partial charge in [0.2, 0.25) is 9.84 Å². The molecule has 0 bridgehead atoms. The maximum Gasteiger partial charge on any atom is 0.206 e. The van der Waals surface area contributed by atoms with E-state index in [1.54, 1.807) is 42.1 Å². The normalized spacial score (nSPS) is 14.2. The highest BCUT2D eigenvalue weighted by molar-refractivity contribution is 7.99. The van der Waals surface area contributed by atoms with Gasteiger partial charge in [-0.1, -0.05) is 48.2 Å². The number of Topliss-reactive ketones (excluding diaryl/α,β-unsaturated/α-hetero) is 2. The molecule has 6 rings (SSSR count). The Bertz CT molecular complexity index is 1580. The Labute approximate surface area is 225 Å². The van der Waals surface area contributed by atoms with Crippen molar-refractivity contribution in [1.29, 1.82) is 0 Å². The Kier molecular flexibility index (Phi) is 7.62. The highest BCUT2D eigenvalue weighted by Gasteiger charge is 2.23. The van der Waals surface area contributed by atoms with Crippen LogP contribution in [0.5, 0.6) is 11.5 Å². The monoisotopic (exact) mass is 544 g/mol. The summed E-state index contributed by atoms with van der Waals surface area (Å²) in [6.45, 7) is 0.784. The zero-order valence-electron chi connectivity index (χ0n) is 20.3. The van der Waals surface area contributed by atoms with Crippen molar-refractivity contribution in [2.24, 2.45) is 0 Å². The summed E-state index contributed by atoms with van der Waals surface area (Å²) in [6, 6.07) is 28.5. The molecule has 38 heavy (non-hydrogen) atoms. The number of carbonyl (C=O) groups is 2. The molecule has 0 aliphatic carbocycles. The van der Waals surface area contributed by atoms with E-state index in [0.717, 1.165) is 4.90 Å². The molecule has 4 aromatic carbocycles. The highest BCUT2D eigenvalue weighted by Crippen LogP contribution is 2.34. The van der Waals surface area contributed by atoms with Gasteiger partial charge in [-0.05, 0) is 60.7 Å². The molecule has 0 atom stereocenters. The molecule has 0 radical (unpaired) electrons. The van der Waals surface area contributed by atoms with Crippen molar-refractivity contribution < 1.29 is 27.5 Å². The topological polar surface area (TPSA) is 86.7 Å². The maximum absolute atomic E-state index is 12.5. The number of ketones is 2. The molecule has 0 saturated carbocycles. The minimum atomic E-state index is -3.58. The van der Waals surface area contributed by atoms with Crippen LogP contribution in [0.3, 0.4) is 0 Å². The second-order valence-corrected chi connectivity index (χ2v) is 11.7. The molecule has 192 valence electrons. The zero-order chi connectivity index (χ0) is 26.5. The summed E-state index contributed by atoms with van der Waals surface area (Å²) in [5.41, 5.74) is 1.15. The number of fused-ring (bicyclic) bond motifs is 2. The standard InChI is InChI=1S/C15H12O4S.C15H12O2S/c16-14-8-9-19-15-10-12(6-7-13(14)15)20(17,18)11-4-2-1-3-5-11;16-14-8-9-17-15-10-12(6-7-13(14)15)18-11-4-2-1-3-5-11/h1-7,10H,8-9H2;1-7,10H,8-9H2. The van der Waals surface area contributed by atoms with E-state index < -0.39 is 9.84 Å². The first-order chi connectivity index (χ1) is 18.4. The van der Waals surface area contributed by atoms with Crippen LogP contribution in [0, 0.1) is 0 Å². The van der Waals surface area contributed by atoms with Gasteiger partial charge in [-0.25, -0.2) is 8.42 Å². The minimum Gasteiger partial charge on any atom is -0.492 e. The SMILES string of the molecule is O=C1CCOc2cc(S(=O)(=O)c3ccccc3)ccc21.O=C1CCOc2cc(Sc3ccccc3)ccc21. The van der Waals surface area contributed by atoms with Gasteiger partial charge >= 0.3 is 0 Å². The largest absolute Gasteiger partial charge is 0.492 e. The quantitative estimate of drug-likeness (QED) is 0.298. The fourth-order valence-electron chi connectivity index (χ4n) is 4.07. The third-order valence-corrected chi connectivity index (χ3v) is 8.79. The molecule has 2 heterocycles. The predicted molar refractivity (Wildman–Crippen MR) is 144 cm³/mol. The van der Waals surface area contributed by atoms with Gasteiger partial charge in [0, 0.05) is 22.6 Å². The summed E-state index contributed by atoms with van der Waals surface area (Å²) in [7, 11) is -3.58. The maximum atomic E-state index is 12.5. The van der Waals surface area contributed by atoms with Crippen molar-refractivity contribution in [2.45, 2.75) is 32.4 Å². The summed E-state index contributed by atoms with van der Waals surface area (Å²) in [5.74, 6) is 1.22. The lowest BCUT2D eigenvalue weighted by Crippen LogP contribution is -2.16. The van der Waals surface area contributed by atoms with Crippen molar-refractivity contribution in [2.75, 3.05) is 13.2 Å². The van der Waals surface area contributed by atoms with Crippen LogP contribution in [0.4, 0.5) is 0 Å². The van der Waals surface area contributed by atoms with Crippen LogP contribution in [0.2, 0.25) is 0 Å². The van der Waals surface area contributed by atoms with E-state index in [2.05, 4.69) is 12.1 Å². The van der Waals surface area contributed by atoms with Crippen molar-refractivity contribution in [3.05, 3.63) is 108 Å². The fourth-order valence-corrected chi connectivity index (χ4v) is 6.24. The lowest BCUT2D eigenvalue weighted by molar-refractivity contribution is 0.0924. The van der Waals surface area contributed by atoms with E-state index in [4.69, 9.17) is 9.47 Å². The van der Waals surface area contributed by atoms with Crippen LogP contribution in [0.25, 0.3) is 0 Å². The summed E-state index contributed by atoms with van der Waals surface area (Å²) in [5, 5.41) is 0. The van der Waals surface area contributed by atoms with Crippen LogP contribution in [-0.4, -0.2) is 33.2 Å². The molecular weight excluding hydrogens is 520 g/mol. The van der Waals surface area contributed by atoms with E-state index in [1.165, 1.54) is 23.1 Å². The number of sulfone groups is 1. The molecule has 4 aromatic rings. The number of rotatable bonds is 4. The van der Waals surface area contributed by atoms with Crippen LogP contribution in [-0.2, 0) is 9.84 Å². The molecule has 0 spiro atoms. The molecule has 0 aromatic heterocycles. The fraction of sp³-hybridized carbons (Fsp3) is 0.133. The molecule has 2 aliphatic heterocycles. The predicted octanol–water partition coefficient (Wildman–Crippen LogP) is 6.29. The molecule has 6 nitrogen and oxygen atoms in total. The van der Waals surface area contributed by atoms with E-state index in [-0.39, 0.29) is 21.4 Å². The Morgan fingerprint density at radius 2 is 1.13 bits per heavy atom. The lowest BCUT2D eigenvalue weighted by Gasteiger charge is -2.17. The molecule has 0 N–H and O–H groups in total. The summed E-state index contributed by atoms with van der Waals surface area (Å²) in [6.07, 6.45) is 0.815. The molecule has 0 saturated heterocycles. The second kappa shape index (κ2) is 11.2. The zero-order valence-corrected chi connectivity index (χ0v) is 22.0.